The number of H-pyrrole nitrogens is 1. The van der Waals surface area contributed by atoms with Gasteiger partial charge >= 0.3 is 0 Å². The van der Waals surface area contributed by atoms with Crippen LogP contribution in [0.4, 0.5) is 5.95 Å². The monoisotopic (exact) mass is 193 g/mol. The van der Waals surface area contributed by atoms with Gasteiger partial charge in [0.15, 0.2) is 0 Å². The summed E-state index contributed by atoms with van der Waals surface area (Å²) in [5.41, 5.74) is 0.828. The van der Waals surface area contributed by atoms with E-state index in [4.69, 9.17) is 0 Å². The van der Waals surface area contributed by atoms with Crippen LogP contribution in [0, 0.1) is 0 Å². The topological polar surface area (TPSA) is 49.0 Å². The lowest BCUT2D eigenvalue weighted by atomic mass is 10.3. The number of aryl methyl sites for hydroxylation is 1. The number of hydrogen-bond donors (Lipinski definition) is 1. The molecule has 0 atom stereocenters. The molecule has 4 nitrogen and oxygen atoms in total. The number of aromatic nitrogens is 2. The second-order valence-corrected chi connectivity index (χ2v) is 3.61. The van der Waals surface area contributed by atoms with Crippen LogP contribution in [0.15, 0.2) is 10.9 Å². The average molecular weight is 193 g/mol. The minimum absolute atomic E-state index is 0.0428. The predicted molar refractivity (Wildman–Crippen MR) is 55.7 cm³/mol. The Balaban J connectivity index is 2.32. The molecule has 2 rings (SSSR count). The molecule has 0 spiro atoms. The highest BCUT2D eigenvalue weighted by molar-refractivity contribution is 5.31. The summed E-state index contributed by atoms with van der Waals surface area (Å²) in [6.07, 6.45) is 3.20. The Morgan fingerprint density at radius 3 is 2.86 bits per heavy atom. The molecule has 1 aliphatic rings. The molecule has 76 valence electrons. The molecule has 0 bridgehead atoms. The van der Waals surface area contributed by atoms with Gasteiger partial charge in [0, 0.05) is 24.8 Å². The van der Waals surface area contributed by atoms with Gasteiger partial charge in [-0.15, -0.1) is 0 Å². The van der Waals surface area contributed by atoms with Crippen molar-refractivity contribution in [3.63, 3.8) is 0 Å². The Bertz CT molecular complexity index is 366. The fourth-order valence-electron chi connectivity index (χ4n) is 1.75. The van der Waals surface area contributed by atoms with E-state index in [1.165, 1.54) is 12.8 Å². The first-order chi connectivity index (χ1) is 6.79. The molecule has 0 saturated carbocycles. The van der Waals surface area contributed by atoms with Crippen molar-refractivity contribution in [2.24, 2.45) is 0 Å². The number of nitrogens with zero attached hydrogens (tertiary/aromatic N) is 2. The van der Waals surface area contributed by atoms with Crippen molar-refractivity contribution >= 4 is 5.95 Å². The van der Waals surface area contributed by atoms with Crippen molar-refractivity contribution in [3.05, 3.63) is 22.1 Å². The van der Waals surface area contributed by atoms with E-state index in [-0.39, 0.29) is 5.56 Å². The van der Waals surface area contributed by atoms with Crippen LogP contribution in [0.25, 0.3) is 0 Å². The Kier molecular flexibility index (Phi) is 2.52. The molecule has 1 fully saturated rings. The third-order valence-electron chi connectivity index (χ3n) is 2.55. The highest BCUT2D eigenvalue weighted by Crippen LogP contribution is 2.14. The zero-order chi connectivity index (χ0) is 9.97. The molecule has 1 aromatic rings. The summed E-state index contributed by atoms with van der Waals surface area (Å²) in [5, 5.41) is 0. The first kappa shape index (κ1) is 9.24. The van der Waals surface area contributed by atoms with Crippen LogP contribution in [0.2, 0.25) is 0 Å². The minimum atomic E-state index is -0.0428. The smallest absolute Gasteiger partial charge is 0.252 e. The number of nitrogens with one attached hydrogen (secondary N) is 1. The third-order valence-corrected chi connectivity index (χ3v) is 2.55. The summed E-state index contributed by atoms with van der Waals surface area (Å²) in [6.45, 7) is 4.03. The quantitative estimate of drug-likeness (QED) is 0.760. The van der Waals surface area contributed by atoms with Gasteiger partial charge in [-0.25, -0.2) is 4.98 Å². The number of anilines is 1. The zero-order valence-corrected chi connectivity index (χ0v) is 8.42. The molecular weight excluding hydrogens is 178 g/mol. The lowest BCUT2D eigenvalue weighted by Gasteiger charge is -2.15. The van der Waals surface area contributed by atoms with Gasteiger partial charge in [-0.3, -0.25) is 9.78 Å². The van der Waals surface area contributed by atoms with Gasteiger partial charge in [0.05, 0.1) is 0 Å². The highest BCUT2D eigenvalue weighted by Gasteiger charge is 2.14. The maximum atomic E-state index is 11.3. The van der Waals surface area contributed by atoms with Crippen molar-refractivity contribution in [2.75, 3.05) is 18.0 Å². The predicted octanol–water partition coefficient (Wildman–Crippen LogP) is 0.932. The molecule has 0 aliphatic carbocycles. The van der Waals surface area contributed by atoms with E-state index in [0.717, 1.165) is 31.2 Å². The Morgan fingerprint density at radius 1 is 1.50 bits per heavy atom. The van der Waals surface area contributed by atoms with Crippen molar-refractivity contribution in [1.29, 1.82) is 0 Å². The number of hydrogen-bond acceptors (Lipinski definition) is 3. The van der Waals surface area contributed by atoms with Gasteiger partial charge in [-0.1, -0.05) is 6.92 Å². The Hall–Kier alpha value is -1.32. The van der Waals surface area contributed by atoms with E-state index in [1.54, 1.807) is 6.07 Å². The molecule has 0 radical (unpaired) electrons. The second-order valence-electron chi connectivity index (χ2n) is 3.61. The Labute approximate surface area is 83.0 Å². The van der Waals surface area contributed by atoms with Crippen LogP contribution in [0.5, 0.6) is 0 Å². The lowest BCUT2D eigenvalue weighted by molar-refractivity contribution is 0.865. The van der Waals surface area contributed by atoms with Gasteiger partial charge in [0.25, 0.3) is 5.56 Å². The van der Waals surface area contributed by atoms with Gasteiger partial charge in [0.2, 0.25) is 5.95 Å². The molecule has 14 heavy (non-hydrogen) atoms. The van der Waals surface area contributed by atoms with Crippen molar-refractivity contribution in [1.82, 2.24) is 9.97 Å². The van der Waals surface area contributed by atoms with E-state index in [0.29, 0.717) is 0 Å². The fraction of sp³-hybridized carbons (Fsp3) is 0.600. The minimum Gasteiger partial charge on any atom is -0.342 e. The van der Waals surface area contributed by atoms with Crippen LogP contribution in [-0.2, 0) is 6.42 Å². The maximum absolute atomic E-state index is 11.3. The molecule has 0 amide bonds. The molecule has 0 aromatic carbocycles. The molecule has 1 aliphatic heterocycles. The summed E-state index contributed by atoms with van der Waals surface area (Å²) in [7, 11) is 0. The first-order valence-corrected chi connectivity index (χ1v) is 5.15. The third kappa shape index (κ3) is 1.78. The van der Waals surface area contributed by atoms with Crippen LogP contribution >= 0.6 is 0 Å². The highest BCUT2D eigenvalue weighted by atomic mass is 16.1. The van der Waals surface area contributed by atoms with Crippen LogP contribution in [0.1, 0.15) is 25.5 Å². The summed E-state index contributed by atoms with van der Waals surface area (Å²) in [6, 6.07) is 1.57. The van der Waals surface area contributed by atoms with E-state index in [9.17, 15) is 4.79 Å². The second kappa shape index (κ2) is 3.82. The molecule has 0 unspecified atom stereocenters. The average Bonchev–Trinajstić information content (AvgIpc) is 2.69. The number of rotatable bonds is 2. The SMILES string of the molecule is CCc1cc(=O)[nH]c(N2CCCC2)n1. The van der Waals surface area contributed by atoms with Crippen LogP contribution in [0.3, 0.4) is 0 Å². The maximum Gasteiger partial charge on any atom is 0.252 e. The standard InChI is InChI=1S/C10H15N3O/c1-2-8-7-9(14)12-10(11-8)13-5-3-4-6-13/h7H,2-6H2,1H3,(H,11,12,14). The van der Waals surface area contributed by atoms with Gasteiger partial charge in [0.1, 0.15) is 0 Å². The van der Waals surface area contributed by atoms with E-state index in [2.05, 4.69) is 14.9 Å². The first-order valence-electron chi connectivity index (χ1n) is 5.15. The molecule has 1 aromatic heterocycles. The van der Waals surface area contributed by atoms with E-state index in [1.807, 2.05) is 6.92 Å². The van der Waals surface area contributed by atoms with Gasteiger partial charge in [-0.05, 0) is 19.3 Å². The normalized spacial score (nSPS) is 16.2. The van der Waals surface area contributed by atoms with Gasteiger partial charge in [-0.2, -0.15) is 0 Å². The Morgan fingerprint density at radius 2 is 2.21 bits per heavy atom. The number of aromatic amines is 1. The lowest BCUT2D eigenvalue weighted by Crippen LogP contribution is -2.24. The summed E-state index contributed by atoms with van der Waals surface area (Å²) < 4.78 is 0. The van der Waals surface area contributed by atoms with E-state index < -0.39 is 0 Å². The fourth-order valence-corrected chi connectivity index (χ4v) is 1.75. The summed E-state index contributed by atoms with van der Waals surface area (Å²) in [5.74, 6) is 0.742. The molecular formula is C10H15N3O. The summed E-state index contributed by atoms with van der Waals surface area (Å²) in [4.78, 5) is 20.6. The molecule has 1 saturated heterocycles. The van der Waals surface area contributed by atoms with Crippen molar-refractivity contribution < 1.29 is 0 Å². The van der Waals surface area contributed by atoms with Crippen LogP contribution < -0.4 is 10.5 Å². The molecule has 1 N–H and O–H groups in total. The zero-order valence-electron chi connectivity index (χ0n) is 8.42. The van der Waals surface area contributed by atoms with E-state index >= 15 is 0 Å². The van der Waals surface area contributed by atoms with Crippen molar-refractivity contribution in [3.8, 4) is 0 Å². The molecule has 4 heteroatoms. The summed E-state index contributed by atoms with van der Waals surface area (Å²) >= 11 is 0. The largest absolute Gasteiger partial charge is 0.342 e. The van der Waals surface area contributed by atoms with Crippen molar-refractivity contribution in [2.45, 2.75) is 26.2 Å². The van der Waals surface area contributed by atoms with Gasteiger partial charge < -0.3 is 4.90 Å². The van der Waals surface area contributed by atoms with Crippen LogP contribution in [-0.4, -0.2) is 23.1 Å². The molecule has 2 heterocycles.